The lowest BCUT2D eigenvalue weighted by Crippen LogP contribution is -2.51. The van der Waals surface area contributed by atoms with Gasteiger partial charge >= 0.3 is 0 Å². The van der Waals surface area contributed by atoms with Gasteiger partial charge in [-0.15, -0.1) is 0 Å². The van der Waals surface area contributed by atoms with E-state index in [0.29, 0.717) is 25.7 Å². The number of amides is 2. The lowest BCUT2D eigenvalue weighted by atomic mass is 9.86. The molecule has 25 heavy (non-hydrogen) atoms. The van der Waals surface area contributed by atoms with E-state index >= 15 is 0 Å². The molecule has 1 saturated carbocycles. The van der Waals surface area contributed by atoms with Crippen molar-refractivity contribution in [1.82, 2.24) is 15.1 Å². The highest BCUT2D eigenvalue weighted by molar-refractivity contribution is 5.94. The van der Waals surface area contributed by atoms with Gasteiger partial charge in [0.15, 0.2) is 0 Å². The van der Waals surface area contributed by atoms with Gasteiger partial charge in [-0.3, -0.25) is 14.5 Å². The number of benzene rings is 1. The first-order valence-electron chi connectivity index (χ1n) is 9.24. The van der Waals surface area contributed by atoms with E-state index in [4.69, 9.17) is 0 Å². The molecule has 5 nitrogen and oxygen atoms in total. The summed E-state index contributed by atoms with van der Waals surface area (Å²) in [4.78, 5) is 28.6. The standard InChI is InChI=1S/C20H29N3O2/c1-20(2,3)16-6-4-15(5-7-16)19(25)23-12-10-22(11-13-23)14-18(24)21-17-8-9-17/h4-7,17H,8-14H2,1-3H3,(H,21,24). The summed E-state index contributed by atoms with van der Waals surface area (Å²) in [7, 11) is 0. The maximum atomic E-state index is 12.7. The Morgan fingerprint density at radius 2 is 1.64 bits per heavy atom. The van der Waals surface area contributed by atoms with E-state index in [1.807, 2.05) is 29.2 Å². The summed E-state index contributed by atoms with van der Waals surface area (Å²) < 4.78 is 0. The number of rotatable bonds is 4. The Kier molecular flexibility index (Phi) is 5.13. The van der Waals surface area contributed by atoms with E-state index in [2.05, 4.69) is 31.0 Å². The van der Waals surface area contributed by atoms with Gasteiger partial charge in [0.05, 0.1) is 6.54 Å². The molecule has 0 radical (unpaired) electrons. The summed E-state index contributed by atoms with van der Waals surface area (Å²) in [5, 5.41) is 3.02. The Labute approximate surface area is 150 Å². The average molecular weight is 343 g/mol. The lowest BCUT2D eigenvalue weighted by molar-refractivity contribution is -0.122. The molecule has 1 aromatic rings. The molecular formula is C20H29N3O2. The second-order valence-corrected chi connectivity index (χ2v) is 8.24. The van der Waals surface area contributed by atoms with Crippen LogP contribution in [0.5, 0.6) is 0 Å². The highest BCUT2D eigenvalue weighted by Crippen LogP contribution is 2.22. The average Bonchev–Trinajstić information content (AvgIpc) is 3.38. The lowest BCUT2D eigenvalue weighted by Gasteiger charge is -2.34. The topological polar surface area (TPSA) is 52.7 Å². The van der Waals surface area contributed by atoms with Gasteiger partial charge in [0.2, 0.25) is 5.91 Å². The van der Waals surface area contributed by atoms with E-state index in [1.54, 1.807) is 0 Å². The zero-order valence-electron chi connectivity index (χ0n) is 15.5. The molecule has 2 aliphatic rings. The van der Waals surface area contributed by atoms with Crippen molar-refractivity contribution >= 4 is 11.8 Å². The third kappa shape index (κ3) is 4.82. The van der Waals surface area contributed by atoms with Crippen LogP contribution >= 0.6 is 0 Å². The molecule has 1 aliphatic heterocycles. The summed E-state index contributed by atoms with van der Waals surface area (Å²) in [6, 6.07) is 8.36. The minimum absolute atomic E-state index is 0.0857. The molecule has 0 spiro atoms. The van der Waals surface area contributed by atoms with E-state index in [-0.39, 0.29) is 17.2 Å². The number of piperazine rings is 1. The van der Waals surface area contributed by atoms with Crippen LogP contribution in [0.15, 0.2) is 24.3 Å². The molecule has 1 N–H and O–H groups in total. The fraction of sp³-hybridized carbons (Fsp3) is 0.600. The number of nitrogens with one attached hydrogen (secondary N) is 1. The van der Waals surface area contributed by atoms with Crippen LogP contribution in [-0.4, -0.2) is 60.4 Å². The van der Waals surface area contributed by atoms with Gasteiger partial charge in [-0.1, -0.05) is 32.9 Å². The molecule has 5 heteroatoms. The van der Waals surface area contributed by atoms with Crippen molar-refractivity contribution < 1.29 is 9.59 Å². The largest absolute Gasteiger partial charge is 0.352 e. The third-order valence-electron chi connectivity index (χ3n) is 4.97. The summed E-state index contributed by atoms with van der Waals surface area (Å²) in [6.45, 7) is 9.81. The third-order valence-corrected chi connectivity index (χ3v) is 4.97. The van der Waals surface area contributed by atoms with E-state index < -0.39 is 0 Å². The Bertz CT molecular complexity index is 621. The van der Waals surface area contributed by atoms with Crippen LogP contribution in [0.4, 0.5) is 0 Å². The van der Waals surface area contributed by atoms with Crippen LogP contribution < -0.4 is 5.32 Å². The van der Waals surface area contributed by atoms with Crippen LogP contribution in [0.1, 0.15) is 49.5 Å². The number of hydrogen-bond acceptors (Lipinski definition) is 3. The summed E-state index contributed by atoms with van der Waals surface area (Å²) >= 11 is 0. The van der Waals surface area contributed by atoms with Gasteiger partial charge in [-0.25, -0.2) is 0 Å². The number of carbonyl (C=O) groups excluding carboxylic acids is 2. The van der Waals surface area contributed by atoms with Crippen molar-refractivity contribution in [2.75, 3.05) is 32.7 Å². The van der Waals surface area contributed by atoms with Gasteiger partial charge in [0.25, 0.3) is 5.91 Å². The van der Waals surface area contributed by atoms with Gasteiger partial charge in [0, 0.05) is 37.8 Å². The molecule has 1 heterocycles. The molecule has 136 valence electrons. The normalized spacial score (nSPS) is 18.9. The van der Waals surface area contributed by atoms with E-state index in [1.165, 1.54) is 5.56 Å². The molecule has 1 aliphatic carbocycles. The predicted molar refractivity (Wildman–Crippen MR) is 98.7 cm³/mol. The number of hydrogen-bond donors (Lipinski definition) is 1. The first kappa shape index (κ1) is 17.9. The SMILES string of the molecule is CC(C)(C)c1ccc(C(=O)N2CCN(CC(=O)NC3CC3)CC2)cc1. The summed E-state index contributed by atoms with van der Waals surface area (Å²) in [6.07, 6.45) is 2.23. The highest BCUT2D eigenvalue weighted by Gasteiger charge is 2.26. The van der Waals surface area contributed by atoms with Crippen LogP contribution in [0.2, 0.25) is 0 Å². The molecule has 0 aromatic heterocycles. The minimum Gasteiger partial charge on any atom is -0.352 e. The number of nitrogens with zero attached hydrogens (tertiary/aromatic N) is 2. The molecule has 3 rings (SSSR count). The van der Waals surface area contributed by atoms with Crippen LogP contribution in [-0.2, 0) is 10.2 Å². The molecule has 0 atom stereocenters. The molecule has 2 amide bonds. The van der Waals surface area contributed by atoms with Crippen molar-refractivity contribution in [3.8, 4) is 0 Å². The van der Waals surface area contributed by atoms with Crippen molar-refractivity contribution in [3.63, 3.8) is 0 Å². The van der Waals surface area contributed by atoms with Crippen molar-refractivity contribution in [3.05, 3.63) is 35.4 Å². The first-order valence-corrected chi connectivity index (χ1v) is 9.24. The zero-order chi connectivity index (χ0) is 18.0. The van der Waals surface area contributed by atoms with Gasteiger partial charge in [-0.2, -0.15) is 0 Å². The van der Waals surface area contributed by atoms with E-state index in [9.17, 15) is 9.59 Å². The zero-order valence-corrected chi connectivity index (χ0v) is 15.5. The van der Waals surface area contributed by atoms with Crippen molar-refractivity contribution in [2.24, 2.45) is 0 Å². The van der Waals surface area contributed by atoms with Gasteiger partial charge in [0.1, 0.15) is 0 Å². The Balaban J connectivity index is 1.50. The van der Waals surface area contributed by atoms with E-state index in [0.717, 1.165) is 31.5 Å². The minimum atomic E-state index is 0.0857. The molecule has 2 fully saturated rings. The maximum absolute atomic E-state index is 12.7. The van der Waals surface area contributed by atoms with Crippen LogP contribution in [0.3, 0.4) is 0 Å². The Hall–Kier alpha value is -1.88. The smallest absolute Gasteiger partial charge is 0.253 e. The van der Waals surface area contributed by atoms with Crippen molar-refractivity contribution in [2.45, 2.75) is 45.1 Å². The number of carbonyl (C=O) groups is 2. The van der Waals surface area contributed by atoms with Crippen LogP contribution in [0.25, 0.3) is 0 Å². The monoisotopic (exact) mass is 343 g/mol. The fourth-order valence-corrected chi connectivity index (χ4v) is 3.11. The summed E-state index contributed by atoms with van der Waals surface area (Å²) in [5.74, 6) is 0.197. The van der Waals surface area contributed by atoms with Gasteiger partial charge < -0.3 is 10.2 Å². The highest BCUT2D eigenvalue weighted by atomic mass is 16.2. The molecule has 1 saturated heterocycles. The quantitative estimate of drug-likeness (QED) is 0.910. The van der Waals surface area contributed by atoms with Crippen LogP contribution in [0, 0.1) is 0 Å². The second kappa shape index (κ2) is 7.16. The molecular weight excluding hydrogens is 314 g/mol. The Morgan fingerprint density at radius 1 is 1.04 bits per heavy atom. The molecule has 0 bridgehead atoms. The summed E-state index contributed by atoms with van der Waals surface area (Å²) in [5.41, 5.74) is 2.07. The molecule has 1 aromatic carbocycles. The maximum Gasteiger partial charge on any atom is 0.253 e. The predicted octanol–water partition coefficient (Wildman–Crippen LogP) is 2.02. The fourth-order valence-electron chi connectivity index (χ4n) is 3.11. The Morgan fingerprint density at radius 3 is 2.16 bits per heavy atom. The van der Waals surface area contributed by atoms with Crippen molar-refractivity contribution in [1.29, 1.82) is 0 Å². The first-order chi connectivity index (χ1) is 11.8. The van der Waals surface area contributed by atoms with Gasteiger partial charge in [-0.05, 0) is 36.0 Å². The second-order valence-electron chi connectivity index (χ2n) is 8.24. The molecule has 0 unspecified atom stereocenters.